The molecule has 0 fully saturated rings. The summed E-state index contributed by atoms with van der Waals surface area (Å²) in [6, 6.07) is 0. The van der Waals surface area contributed by atoms with E-state index in [0.717, 1.165) is 6.42 Å². The van der Waals surface area contributed by atoms with Crippen molar-refractivity contribution in [2.24, 2.45) is 17.6 Å². The lowest BCUT2D eigenvalue weighted by Crippen LogP contribution is -2.32. The predicted octanol–water partition coefficient (Wildman–Crippen LogP) is 1.69. The fourth-order valence-electron chi connectivity index (χ4n) is 1.71. The summed E-state index contributed by atoms with van der Waals surface area (Å²) in [6.07, 6.45) is -3.17. The molecule has 0 radical (unpaired) electrons. The van der Waals surface area contributed by atoms with Gasteiger partial charge in [-0.2, -0.15) is 13.2 Å². The van der Waals surface area contributed by atoms with E-state index < -0.39 is 12.8 Å². The van der Waals surface area contributed by atoms with Gasteiger partial charge in [0.15, 0.2) is 0 Å². The molecule has 7 heteroatoms. The second-order valence-corrected chi connectivity index (χ2v) is 4.95. The summed E-state index contributed by atoms with van der Waals surface area (Å²) < 4.78 is 39.6. The minimum atomic E-state index is -4.33. The average Bonchev–Trinajstić information content (AvgIpc) is 2.25. The van der Waals surface area contributed by atoms with E-state index in [9.17, 15) is 18.0 Å². The minimum Gasteiger partial charge on any atom is -0.370 e. The fraction of sp³-hybridized carbons (Fsp3) is 0.917. The number of carbonyl (C=O) groups excluding carboxylic acids is 1. The fourth-order valence-corrected chi connectivity index (χ4v) is 1.71. The number of hydrogen-bond donors (Lipinski definition) is 2. The van der Waals surface area contributed by atoms with Gasteiger partial charge in [-0.1, -0.05) is 13.8 Å². The van der Waals surface area contributed by atoms with Gasteiger partial charge in [0.1, 0.15) is 6.61 Å². The SMILES string of the molecule is CC(C)CC(CN)CC(=O)NCCOCC(F)(F)F. The van der Waals surface area contributed by atoms with Gasteiger partial charge in [0.2, 0.25) is 5.91 Å². The normalized spacial score (nSPS) is 13.6. The van der Waals surface area contributed by atoms with Crippen molar-refractivity contribution in [3.8, 4) is 0 Å². The number of amides is 1. The van der Waals surface area contributed by atoms with E-state index in [-0.39, 0.29) is 25.0 Å². The van der Waals surface area contributed by atoms with E-state index in [0.29, 0.717) is 18.9 Å². The Bertz CT molecular complexity index is 258. The van der Waals surface area contributed by atoms with Crippen LogP contribution in [0.4, 0.5) is 13.2 Å². The second-order valence-electron chi connectivity index (χ2n) is 4.95. The highest BCUT2D eigenvalue weighted by Crippen LogP contribution is 2.14. The molecule has 0 saturated heterocycles. The van der Waals surface area contributed by atoms with E-state index in [1.165, 1.54) is 0 Å². The van der Waals surface area contributed by atoms with E-state index in [2.05, 4.69) is 10.1 Å². The summed E-state index contributed by atoms with van der Waals surface area (Å²) in [5.41, 5.74) is 5.56. The standard InChI is InChI=1S/C12H23F3N2O2/c1-9(2)5-10(7-16)6-11(18)17-3-4-19-8-12(13,14)15/h9-10H,3-8,16H2,1-2H3,(H,17,18). The number of alkyl halides is 3. The van der Waals surface area contributed by atoms with Crippen LogP contribution in [-0.2, 0) is 9.53 Å². The zero-order valence-corrected chi connectivity index (χ0v) is 11.4. The highest BCUT2D eigenvalue weighted by molar-refractivity contribution is 5.76. The molecule has 0 aliphatic carbocycles. The monoisotopic (exact) mass is 284 g/mol. The molecule has 0 bridgehead atoms. The van der Waals surface area contributed by atoms with Crippen LogP contribution in [0.3, 0.4) is 0 Å². The van der Waals surface area contributed by atoms with Gasteiger partial charge in [-0.25, -0.2) is 0 Å². The molecule has 1 amide bonds. The van der Waals surface area contributed by atoms with Crippen LogP contribution in [0.5, 0.6) is 0 Å². The Morgan fingerprint density at radius 1 is 1.37 bits per heavy atom. The number of ether oxygens (including phenoxy) is 1. The smallest absolute Gasteiger partial charge is 0.370 e. The number of halogens is 3. The number of rotatable bonds is 9. The maximum absolute atomic E-state index is 11.8. The third-order valence-corrected chi connectivity index (χ3v) is 2.45. The van der Waals surface area contributed by atoms with Crippen molar-refractivity contribution in [2.45, 2.75) is 32.9 Å². The summed E-state index contributed by atoms with van der Waals surface area (Å²) in [5.74, 6) is 0.360. The molecule has 114 valence electrons. The third kappa shape index (κ3) is 12.0. The van der Waals surface area contributed by atoms with Crippen LogP contribution < -0.4 is 11.1 Å². The first-order chi connectivity index (χ1) is 8.74. The van der Waals surface area contributed by atoms with Crippen LogP contribution in [0.15, 0.2) is 0 Å². The minimum absolute atomic E-state index is 0.0773. The third-order valence-electron chi connectivity index (χ3n) is 2.45. The summed E-state index contributed by atoms with van der Waals surface area (Å²) in [4.78, 5) is 11.5. The van der Waals surface area contributed by atoms with Gasteiger partial charge in [0.05, 0.1) is 6.61 Å². The van der Waals surface area contributed by atoms with Crippen molar-refractivity contribution in [3.63, 3.8) is 0 Å². The van der Waals surface area contributed by atoms with Crippen LogP contribution in [0.2, 0.25) is 0 Å². The quantitative estimate of drug-likeness (QED) is 0.633. The Balaban J connectivity index is 3.68. The average molecular weight is 284 g/mol. The van der Waals surface area contributed by atoms with Crippen molar-refractivity contribution in [3.05, 3.63) is 0 Å². The number of hydrogen-bond acceptors (Lipinski definition) is 3. The van der Waals surface area contributed by atoms with Crippen molar-refractivity contribution >= 4 is 5.91 Å². The Labute approximate surface area is 111 Å². The molecule has 19 heavy (non-hydrogen) atoms. The summed E-state index contributed by atoms with van der Waals surface area (Å²) in [5, 5.41) is 2.52. The van der Waals surface area contributed by atoms with E-state index >= 15 is 0 Å². The summed E-state index contributed by atoms with van der Waals surface area (Å²) in [7, 11) is 0. The first-order valence-electron chi connectivity index (χ1n) is 6.36. The van der Waals surface area contributed by atoms with Gasteiger partial charge in [0.25, 0.3) is 0 Å². The van der Waals surface area contributed by atoms with Gasteiger partial charge >= 0.3 is 6.18 Å². The molecule has 0 aliphatic heterocycles. The van der Waals surface area contributed by atoms with Gasteiger partial charge in [-0.3, -0.25) is 4.79 Å². The van der Waals surface area contributed by atoms with Gasteiger partial charge in [-0.15, -0.1) is 0 Å². The zero-order valence-electron chi connectivity index (χ0n) is 11.4. The molecule has 0 heterocycles. The molecule has 0 aromatic carbocycles. The first kappa shape index (κ1) is 18.2. The lowest BCUT2D eigenvalue weighted by atomic mass is 9.94. The van der Waals surface area contributed by atoms with Gasteiger partial charge in [0, 0.05) is 13.0 Å². The van der Waals surface area contributed by atoms with Crippen LogP contribution in [-0.4, -0.2) is 38.4 Å². The Morgan fingerprint density at radius 3 is 2.47 bits per heavy atom. The van der Waals surface area contributed by atoms with Crippen LogP contribution in [0, 0.1) is 11.8 Å². The van der Waals surface area contributed by atoms with Crippen LogP contribution in [0.1, 0.15) is 26.7 Å². The lowest BCUT2D eigenvalue weighted by Gasteiger charge is -2.16. The van der Waals surface area contributed by atoms with Gasteiger partial charge in [-0.05, 0) is 24.8 Å². The number of nitrogens with one attached hydrogen (secondary N) is 1. The molecule has 4 nitrogen and oxygen atoms in total. The molecule has 0 aromatic rings. The predicted molar refractivity (Wildman–Crippen MR) is 66.5 cm³/mol. The molecule has 0 rings (SSSR count). The first-order valence-corrected chi connectivity index (χ1v) is 6.36. The topological polar surface area (TPSA) is 64.4 Å². The largest absolute Gasteiger partial charge is 0.411 e. The molecule has 1 atom stereocenters. The molecule has 0 aromatic heterocycles. The molecular weight excluding hydrogens is 261 g/mol. The molecule has 3 N–H and O–H groups in total. The molecular formula is C12H23F3N2O2. The summed E-state index contributed by atoms with van der Waals surface area (Å²) >= 11 is 0. The number of carbonyl (C=O) groups is 1. The maximum Gasteiger partial charge on any atom is 0.411 e. The second kappa shape index (κ2) is 9.14. The maximum atomic E-state index is 11.8. The van der Waals surface area contributed by atoms with Crippen LogP contribution in [0.25, 0.3) is 0 Å². The van der Waals surface area contributed by atoms with E-state index in [1.54, 1.807) is 0 Å². The highest BCUT2D eigenvalue weighted by atomic mass is 19.4. The Kier molecular flexibility index (Phi) is 8.75. The van der Waals surface area contributed by atoms with Crippen molar-refractivity contribution in [2.75, 3.05) is 26.3 Å². The van der Waals surface area contributed by atoms with Crippen molar-refractivity contribution in [1.82, 2.24) is 5.32 Å². The lowest BCUT2D eigenvalue weighted by molar-refractivity contribution is -0.173. The Hall–Kier alpha value is -0.820. The van der Waals surface area contributed by atoms with Crippen molar-refractivity contribution in [1.29, 1.82) is 0 Å². The van der Waals surface area contributed by atoms with Crippen LogP contribution >= 0.6 is 0 Å². The zero-order chi connectivity index (χ0) is 14.9. The number of nitrogens with two attached hydrogens (primary N) is 1. The molecule has 0 saturated carbocycles. The summed E-state index contributed by atoms with van der Waals surface area (Å²) in [6.45, 7) is 3.16. The Morgan fingerprint density at radius 2 is 2.00 bits per heavy atom. The van der Waals surface area contributed by atoms with E-state index in [1.807, 2.05) is 13.8 Å². The van der Waals surface area contributed by atoms with E-state index in [4.69, 9.17) is 5.73 Å². The highest BCUT2D eigenvalue weighted by Gasteiger charge is 2.27. The molecule has 0 aliphatic rings. The molecule has 1 unspecified atom stereocenters. The van der Waals surface area contributed by atoms with Crippen molar-refractivity contribution < 1.29 is 22.7 Å². The van der Waals surface area contributed by atoms with Gasteiger partial charge < -0.3 is 15.8 Å². The molecule has 0 spiro atoms.